The Morgan fingerprint density at radius 1 is 1.46 bits per heavy atom. The van der Waals surface area contributed by atoms with Crippen molar-refractivity contribution in [1.29, 1.82) is 0 Å². The van der Waals surface area contributed by atoms with E-state index < -0.39 is 0 Å². The summed E-state index contributed by atoms with van der Waals surface area (Å²) >= 11 is 0. The van der Waals surface area contributed by atoms with Gasteiger partial charge in [0.2, 0.25) is 13.9 Å². The Morgan fingerprint density at radius 2 is 2.08 bits per heavy atom. The lowest BCUT2D eigenvalue weighted by Crippen LogP contribution is -2.46. The van der Waals surface area contributed by atoms with E-state index in [1.165, 1.54) is 0 Å². The number of nitrogens with one attached hydrogen (secondary N) is 1. The number of carbonyl (C=O) groups excluding carboxylic acids is 1. The molecular weight excluding hydrogens is 163 g/mol. The van der Waals surface area contributed by atoms with E-state index in [9.17, 15) is 4.79 Å². The van der Waals surface area contributed by atoms with Gasteiger partial charge in [-0.25, -0.2) is 0 Å². The van der Waals surface area contributed by atoms with E-state index in [-0.39, 0.29) is 11.9 Å². The van der Waals surface area contributed by atoms with Crippen molar-refractivity contribution in [1.82, 2.24) is 10.1 Å². The lowest BCUT2D eigenvalue weighted by Gasteiger charge is -2.28. The van der Waals surface area contributed by atoms with Gasteiger partial charge in [0.15, 0.2) is 0 Å². The van der Waals surface area contributed by atoms with E-state index in [1.807, 2.05) is 0 Å². The zero-order valence-electron chi connectivity index (χ0n) is 9.26. The third kappa shape index (κ3) is 3.81. The third-order valence-electron chi connectivity index (χ3n) is 2.29. The molecule has 13 heavy (non-hydrogen) atoms. The highest BCUT2D eigenvalue weighted by molar-refractivity contribution is 6.15. The van der Waals surface area contributed by atoms with Crippen LogP contribution in [-0.4, -0.2) is 37.9 Å². The van der Waals surface area contributed by atoms with Gasteiger partial charge in [-0.3, -0.25) is 9.69 Å². The van der Waals surface area contributed by atoms with Crippen LogP contribution >= 0.6 is 0 Å². The van der Waals surface area contributed by atoms with E-state index in [2.05, 4.69) is 30.9 Å². The van der Waals surface area contributed by atoms with E-state index >= 15 is 0 Å². The second kappa shape index (κ2) is 6.95. The SMILES string of the molecule is BNC(=O)C(CC)N(CC)CCC. The molecule has 0 aliphatic rings. The van der Waals surface area contributed by atoms with E-state index in [0.717, 1.165) is 25.9 Å². The topological polar surface area (TPSA) is 32.3 Å². The molecule has 0 bridgehead atoms. The molecule has 1 unspecified atom stereocenters. The van der Waals surface area contributed by atoms with Gasteiger partial charge in [0.25, 0.3) is 0 Å². The molecule has 0 aliphatic carbocycles. The number of hydrogen-bond donors (Lipinski definition) is 1. The first-order chi connectivity index (χ1) is 6.21. The van der Waals surface area contributed by atoms with Crippen LogP contribution in [0, 0.1) is 0 Å². The Kier molecular flexibility index (Phi) is 6.68. The number of carbonyl (C=O) groups is 1. The Hall–Kier alpha value is -0.505. The lowest BCUT2D eigenvalue weighted by molar-refractivity contribution is -0.124. The van der Waals surface area contributed by atoms with Gasteiger partial charge >= 0.3 is 0 Å². The second-order valence-electron chi connectivity index (χ2n) is 3.17. The molecule has 0 spiro atoms. The largest absolute Gasteiger partial charge is 0.405 e. The molecule has 0 fully saturated rings. The van der Waals surface area contributed by atoms with Gasteiger partial charge in [-0.1, -0.05) is 20.8 Å². The number of nitrogens with zero attached hydrogens (tertiary/aromatic N) is 1. The summed E-state index contributed by atoms with van der Waals surface area (Å²) in [5.74, 6) is 0.137. The molecule has 0 saturated carbocycles. The van der Waals surface area contributed by atoms with Gasteiger partial charge in [0.05, 0.1) is 6.04 Å². The monoisotopic (exact) mass is 184 g/mol. The van der Waals surface area contributed by atoms with Crippen molar-refractivity contribution in [2.45, 2.75) is 39.7 Å². The van der Waals surface area contributed by atoms with Crippen LogP contribution in [0.5, 0.6) is 0 Å². The van der Waals surface area contributed by atoms with Gasteiger partial charge in [-0.05, 0) is 25.9 Å². The summed E-state index contributed by atoms with van der Waals surface area (Å²) in [5.41, 5.74) is 0. The van der Waals surface area contributed by atoms with Crippen LogP contribution in [0.2, 0.25) is 0 Å². The van der Waals surface area contributed by atoms with Crippen molar-refractivity contribution in [3.8, 4) is 0 Å². The molecule has 1 N–H and O–H groups in total. The van der Waals surface area contributed by atoms with Crippen molar-refractivity contribution in [2.24, 2.45) is 0 Å². The van der Waals surface area contributed by atoms with Crippen molar-refractivity contribution in [3.63, 3.8) is 0 Å². The van der Waals surface area contributed by atoms with E-state index in [1.54, 1.807) is 7.98 Å². The molecule has 0 aromatic carbocycles. The molecule has 0 aromatic rings. The van der Waals surface area contributed by atoms with Crippen LogP contribution in [0.3, 0.4) is 0 Å². The molecule has 0 aromatic heterocycles. The quantitative estimate of drug-likeness (QED) is 0.596. The number of rotatable bonds is 6. The van der Waals surface area contributed by atoms with Gasteiger partial charge in [-0.2, -0.15) is 0 Å². The Bertz CT molecular complexity index is 153. The molecule has 4 heteroatoms. The van der Waals surface area contributed by atoms with Gasteiger partial charge in [0.1, 0.15) is 0 Å². The fraction of sp³-hybridized carbons (Fsp3) is 0.889. The normalized spacial score (nSPS) is 12.9. The highest BCUT2D eigenvalue weighted by Crippen LogP contribution is 2.04. The number of hydrogen-bond acceptors (Lipinski definition) is 2. The van der Waals surface area contributed by atoms with Crippen LogP contribution in [0.4, 0.5) is 0 Å². The highest BCUT2D eigenvalue weighted by atomic mass is 16.2. The van der Waals surface area contributed by atoms with Crippen LogP contribution < -0.4 is 5.23 Å². The molecule has 76 valence electrons. The second-order valence-corrected chi connectivity index (χ2v) is 3.17. The summed E-state index contributed by atoms with van der Waals surface area (Å²) in [6.07, 6.45) is 1.98. The average molecular weight is 184 g/mol. The molecule has 0 saturated heterocycles. The lowest BCUT2D eigenvalue weighted by atomic mass is 10.1. The Balaban J connectivity index is 4.23. The van der Waals surface area contributed by atoms with E-state index in [0.29, 0.717) is 0 Å². The Labute approximate surface area is 82.3 Å². The minimum absolute atomic E-state index is 0.0509. The summed E-state index contributed by atoms with van der Waals surface area (Å²) in [7, 11) is 1.70. The predicted molar refractivity (Wildman–Crippen MR) is 58.3 cm³/mol. The maximum Gasteiger partial charge on any atom is 0.224 e. The molecule has 0 aliphatic heterocycles. The molecule has 3 nitrogen and oxygen atoms in total. The van der Waals surface area contributed by atoms with Gasteiger partial charge in [0, 0.05) is 0 Å². The minimum atomic E-state index is 0.0509. The summed E-state index contributed by atoms with van der Waals surface area (Å²) in [4.78, 5) is 13.7. The Morgan fingerprint density at radius 3 is 2.38 bits per heavy atom. The standard InChI is InChI=1S/C9H21BN2O/c1-4-7-12(6-3)8(5-2)9(13)11-10/h8H,4-7,10H2,1-3H3,(H,11,13). The fourth-order valence-corrected chi connectivity index (χ4v) is 1.60. The highest BCUT2D eigenvalue weighted by Gasteiger charge is 2.20. The zero-order chi connectivity index (χ0) is 10.3. The molecule has 1 atom stereocenters. The molecule has 0 rings (SSSR count). The average Bonchev–Trinajstić information content (AvgIpc) is 2.17. The van der Waals surface area contributed by atoms with Crippen molar-refractivity contribution in [2.75, 3.05) is 13.1 Å². The molecule has 0 heterocycles. The summed E-state index contributed by atoms with van der Waals surface area (Å²) < 4.78 is 0. The summed E-state index contributed by atoms with van der Waals surface area (Å²) in [5, 5.41) is 2.71. The predicted octanol–water partition coefficient (Wildman–Crippen LogP) is 0.161. The summed E-state index contributed by atoms with van der Waals surface area (Å²) in [6, 6.07) is 0.0509. The molecule has 1 amide bonds. The maximum absolute atomic E-state index is 11.5. The van der Waals surface area contributed by atoms with Crippen LogP contribution in [0.25, 0.3) is 0 Å². The van der Waals surface area contributed by atoms with Crippen molar-refractivity contribution in [3.05, 3.63) is 0 Å². The fourth-order valence-electron chi connectivity index (χ4n) is 1.60. The van der Waals surface area contributed by atoms with Crippen molar-refractivity contribution >= 4 is 13.9 Å². The number of amides is 1. The van der Waals surface area contributed by atoms with Crippen LogP contribution in [0.15, 0.2) is 0 Å². The zero-order valence-corrected chi connectivity index (χ0v) is 9.26. The van der Waals surface area contributed by atoms with Crippen molar-refractivity contribution < 1.29 is 4.79 Å². The molecular formula is C9H21BN2O. The molecule has 0 radical (unpaired) electrons. The first-order valence-electron chi connectivity index (χ1n) is 5.16. The smallest absolute Gasteiger partial charge is 0.224 e. The van der Waals surface area contributed by atoms with Gasteiger partial charge < -0.3 is 5.23 Å². The van der Waals surface area contributed by atoms with Crippen LogP contribution in [-0.2, 0) is 4.79 Å². The third-order valence-corrected chi connectivity index (χ3v) is 2.29. The summed E-state index contributed by atoms with van der Waals surface area (Å²) in [6.45, 7) is 8.24. The van der Waals surface area contributed by atoms with Crippen LogP contribution in [0.1, 0.15) is 33.6 Å². The maximum atomic E-state index is 11.5. The number of likely N-dealkylation sites (N-methyl/N-ethyl adjacent to an activating group) is 1. The minimum Gasteiger partial charge on any atom is -0.405 e. The van der Waals surface area contributed by atoms with Gasteiger partial charge in [-0.15, -0.1) is 0 Å². The first-order valence-corrected chi connectivity index (χ1v) is 5.16. The first kappa shape index (κ1) is 12.5. The van der Waals surface area contributed by atoms with E-state index in [4.69, 9.17) is 0 Å².